The molecule has 0 aromatic heterocycles. The van der Waals surface area contributed by atoms with Crippen LogP contribution in [0.4, 0.5) is 0 Å². The number of benzene rings is 2. The first-order valence-corrected chi connectivity index (χ1v) is 8.56. The van der Waals surface area contributed by atoms with Crippen molar-refractivity contribution in [2.75, 3.05) is 0 Å². The molecule has 3 aromatic carbocycles. The van der Waals surface area contributed by atoms with Crippen molar-refractivity contribution in [2.45, 2.75) is 20.0 Å². The van der Waals surface area contributed by atoms with Crippen LogP contribution in [-0.2, 0) is 26.2 Å². The predicted octanol–water partition coefficient (Wildman–Crippen LogP) is -1.74. The van der Waals surface area contributed by atoms with Crippen LogP contribution in [0, 0.1) is 6.92 Å². The molecule has 1 N–H and O–H groups in total. The first-order valence-electron chi connectivity index (χ1n) is 6.12. The van der Waals surface area contributed by atoms with Crippen molar-refractivity contribution in [1.29, 1.82) is 0 Å². The van der Waals surface area contributed by atoms with Crippen molar-refractivity contribution in [2.24, 2.45) is 0 Å². The van der Waals surface area contributed by atoms with E-state index in [9.17, 15) is 0 Å². The Morgan fingerprint density at radius 3 is 2.14 bits per heavy atom. The van der Waals surface area contributed by atoms with Crippen LogP contribution < -0.4 is 24.8 Å². The van der Waals surface area contributed by atoms with Gasteiger partial charge >= 0.3 is 26.2 Å². The fourth-order valence-electron chi connectivity index (χ4n) is 2.11. The van der Waals surface area contributed by atoms with Gasteiger partial charge in [0.05, 0.1) is 0 Å². The first-order chi connectivity index (χ1) is 8.58. The van der Waals surface area contributed by atoms with Gasteiger partial charge in [0.2, 0.25) is 0 Å². The molecule has 1 nitrogen and oxygen atoms in total. The molecule has 0 unspecified atom stereocenters. The molecule has 5 heteroatoms. The zero-order chi connectivity index (χ0) is 13.1. The van der Waals surface area contributed by atoms with Crippen molar-refractivity contribution >= 4 is 30.6 Å². The Kier molecular flexibility index (Phi) is 11.8. The molecule has 3 rings (SSSR count). The summed E-state index contributed by atoms with van der Waals surface area (Å²) in [5, 5.41) is 5.41. The zero-order valence-corrected chi connectivity index (χ0v) is 17.3. The van der Waals surface area contributed by atoms with Gasteiger partial charge in [-0.1, -0.05) is 42.6 Å². The third-order valence-electron chi connectivity index (χ3n) is 2.76. The average Bonchev–Trinajstić information content (AvgIpc) is 2.69. The fraction of sp³-hybridized carbons (Fsp3) is 0.188. The van der Waals surface area contributed by atoms with Gasteiger partial charge in [-0.3, -0.25) is 0 Å². The molecule has 3 aromatic rings. The second kappa shape index (κ2) is 10.6. The Labute approximate surface area is 159 Å². The summed E-state index contributed by atoms with van der Waals surface area (Å²) >= 11 is 0. The van der Waals surface area contributed by atoms with Gasteiger partial charge in [-0.15, -0.1) is 28.5 Å². The summed E-state index contributed by atoms with van der Waals surface area (Å²) in [4.78, 5) is 8.16. The minimum absolute atomic E-state index is 0. The van der Waals surface area contributed by atoms with Crippen LogP contribution in [0.25, 0.3) is 21.5 Å². The van der Waals surface area contributed by atoms with E-state index in [0.717, 1.165) is 0 Å². The molecule has 0 bridgehead atoms. The average molecular weight is 417 g/mol. The van der Waals surface area contributed by atoms with Crippen LogP contribution in [0.2, 0.25) is 13.1 Å². The monoisotopic (exact) mass is 414 g/mol. The maximum absolute atomic E-state index is 8.16. The van der Waals surface area contributed by atoms with Crippen molar-refractivity contribution in [1.82, 2.24) is 0 Å². The van der Waals surface area contributed by atoms with Gasteiger partial charge in [0, 0.05) is 0 Å². The molecular formula is C16H18Cl2OSiZr. The van der Waals surface area contributed by atoms with E-state index >= 15 is 0 Å². The zero-order valence-electron chi connectivity index (χ0n) is 12.3. The minimum Gasteiger partial charge on any atom is -1.00 e. The van der Waals surface area contributed by atoms with E-state index in [4.69, 9.17) is 4.80 Å². The normalized spacial score (nSPS) is 9.19. The molecule has 110 valence electrons. The number of hydrogen-bond acceptors (Lipinski definition) is 1. The Balaban J connectivity index is 0. The number of halogens is 2. The largest absolute Gasteiger partial charge is 3.00 e. The molecule has 0 aliphatic rings. The molecule has 0 heterocycles. The summed E-state index contributed by atoms with van der Waals surface area (Å²) in [7, 11) is -0.880. The maximum Gasteiger partial charge on any atom is 3.00 e. The van der Waals surface area contributed by atoms with Crippen LogP contribution in [0.5, 0.6) is 0 Å². The first kappa shape index (κ1) is 23.2. The van der Waals surface area contributed by atoms with Crippen LogP contribution in [0.3, 0.4) is 0 Å². The maximum atomic E-state index is 8.16. The standard InChI is InChI=1S/C14H11.C2H7OSi.2ClH.Zr/c1-10-8-12-7-6-11-4-2-3-5-13(11)14(12)9-10;1-4(2)3;;;/h2-9H,1H3;3H,1-2H3;2*1H;/q-1;;;;+3/p-2. The molecule has 0 aliphatic carbocycles. The van der Waals surface area contributed by atoms with Crippen molar-refractivity contribution in [3.8, 4) is 0 Å². The van der Waals surface area contributed by atoms with Gasteiger partial charge in [-0.25, -0.2) is 0 Å². The minimum atomic E-state index is -0.880. The van der Waals surface area contributed by atoms with Gasteiger partial charge in [0.15, 0.2) is 9.04 Å². The van der Waals surface area contributed by atoms with Gasteiger partial charge in [0.1, 0.15) is 0 Å². The summed E-state index contributed by atoms with van der Waals surface area (Å²) in [5.41, 5.74) is 1.34. The van der Waals surface area contributed by atoms with Crippen molar-refractivity contribution in [3.05, 3.63) is 54.1 Å². The van der Waals surface area contributed by atoms with Gasteiger partial charge in [-0.2, -0.15) is 6.07 Å². The molecular weight excluding hydrogens is 398 g/mol. The Bertz CT molecular complexity index is 665. The summed E-state index contributed by atoms with van der Waals surface area (Å²) in [6.45, 7) is 5.80. The molecule has 0 atom stereocenters. The topological polar surface area (TPSA) is 20.2 Å². The molecule has 2 radical (unpaired) electrons. The van der Waals surface area contributed by atoms with Crippen molar-refractivity contribution < 1.29 is 55.8 Å². The molecule has 0 saturated heterocycles. The van der Waals surface area contributed by atoms with E-state index in [0.29, 0.717) is 0 Å². The molecule has 0 amide bonds. The smallest absolute Gasteiger partial charge is 1.00 e. The predicted molar refractivity (Wildman–Crippen MR) is 81.5 cm³/mol. The van der Waals surface area contributed by atoms with E-state index < -0.39 is 9.04 Å². The number of fused-ring (bicyclic) bond motifs is 3. The molecule has 21 heavy (non-hydrogen) atoms. The molecule has 0 saturated carbocycles. The van der Waals surface area contributed by atoms with E-state index in [1.807, 2.05) is 13.1 Å². The van der Waals surface area contributed by atoms with Crippen LogP contribution >= 0.6 is 0 Å². The quantitative estimate of drug-likeness (QED) is 0.341. The van der Waals surface area contributed by atoms with E-state index in [-0.39, 0.29) is 51.0 Å². The van der Waals surface area contributed by atoms with Crippen LogP contribution in [-0.4, -0.2) is 13.8 Å². The van der Waals surface area contributed by atoms with E-state index in [1.165, 1.54) is 27.1 Å². The number of hydrogen-bond donors (Lipinski definition) is 1. The summed E-state index contributed by atoms with van der Waals surface area (Å²) < 4.78 is 0. The summed E-state index contributed by atoms with van der Waals surface area (Å²) in [6.07, 6.45) is 0. The summed E-state index contributed by atoms with van der Waals surface area (Å²) in [5.74, 6) is 0. The molecule has 0 aliphatic heterocycles. The van der Waals surface area contributed by atoms with E-state index in [2.05, 4.69) is 55.5 Å². The second-order valence-corrected chi connectivity index (χ2v) is 6.66. The van der Waals surface area contributed by atoms with Crippen LogP contribution in [0.1, 0.15) is 5.56 Å². The van der Waals surface area contributed by atoms with Crippen molar-refractivity contribution in [3.63, 3.8) is 0 Å². The fourth-order valence-corrected chi connectivity index (χ4v) is 2.11. The Hall–Kier alpha value is -0.0500. The third-order valence-corrected chi connectivity index (χ3v) is 2.76. The molecule has 0 spiro atoms. The number of aryl methyl sites for hydroxylation is 1. The Morgan fingerprint density at radius 2 is 1.52 bits per heavy atom. The van der Waals surface area contributed by atoms with Gasteiger partial charge < -0.3 is 29.6 Å². The van der Waals surface area contributed by atoms with Gasteiger partial charge in [0.25, 0.3) is 0 Å². The second-order valence-electron chi connectivity index (χ2n) is 4.77. The van der Waals surface area contributed by atoms with Gasteiger partial charge in [-0.05, 0) is 18.5 Å². The SMILES string of the molecule is C[Si](C)O.Cc1cc2c(ccc3ccccc32)[cH-]1.[Cl-].[Cl-].[Zr+3]. The van der Waals surface area contributed by atoms with E-state index in [1.54, 1.807) is 0 Å². The molecule has 0 fully saturated rings. The third kappa shape index (κ3) is 6.30. The number of rotatable bonds is 0. The van der Waals surface area contributed by atoms with Crippen LogP contribution in [0.15, 0.2) is 48.5 Å². The summed E-state index contributed by atoms with van der Waals surface area (Å²) in [6, 6.07) is 17.4. The Morgan fingerprint density at radius 1 is 0.952 bits per heavy atom.